The highest BCUT2D eigenvalue weighted by Crippen LogP contribution is 2.60. The quantitative estimate of drug-likeness (QED) is 0.246. The van der Waals surface area contributed by atoms with Crippen LogP contribution in [0.25, 0.3) is 0 Å². The molecule has 1 saturated heterocycles. The molecule has 6 rings (SSSR count). The number of carbonyl (C=O) groups excluding carboxylic acids is 3. The molecule has 0 bridgehead atoms. The summed E-state index contributed by atoms with van der Waals surface area (Å²) in [7, 11) is -1.85. The third-order valence-electron chi connectivity index (χ3n) is 9.77. The van der Waals surface area contributed by atoms with E-state index in [-0.39, 0.29) is 50.3 Å². The minimum absolute atomic E-state index is 0.117. The highest BCUT2D eigenvalue weighted by Gasteiger charge is 2.66. The molecule has 0 radical (unpaired) electrons. The van der Waals surface area contributed by atoms with Crippen LogP contribution < -0.4 is 9.91 Å². The lowest BCUT2D eigenvalue weighted by Crippen LogP contribution is -2.44. The van der Waals surface area contributed by atoms with E-state index < -0.39 is 31.6 Å². The molecule has 246 valence electrons. The molecule has 1 N–H and O–H groups in total. The maximum absolute atomic E-state index is 16.3. The Morgan fingerprint density at radius 2 is 1.74 bits per heavy atom. The summed E-state index contributed by atoms with van der Waals surface area (Å²) >= 11 is 0. The molecule has 3 aromatic rings. The fourth-order valence-corrected chi connectivity index (χ4v) is 10.1. The normalized spacial score (nSPS) is 24.1. The number of aliphatic hydroxyl groups is 1. The molecule has 3 aliphatic heterocycles. The number of anilines is 2. The van der Waals surface area contributed by atoms with Crippen molar-refractivity contribution in [1.82, 2.24) is 4.90 Å². The summed E-state index contributed by atoms with van der Waals surface area (Å²) in [6.07, 6.45) is -0.206. The average molecular weight is 657 g/mol. The summed E-state index contributed by atoms with van der Waals surface area (Å²) in [4.78, 5) is 44.3. The molecule has 3 aromatic carbocycles. The molecule has 11 heteroatoms. The molecule has 9 nitrogen and oxygen atoms in total. The van der Waals surface area contributed by atoms with Crippen LogP contribution in [-0.4, -0.2) is 68.2 Å². The molecule has 47 heavy (non-hydrogen) atoms. The zero-order chi connectivity index (χ0) is 33.5. The van der Waals surface area contributed by atoms with Crippen LogP contribution in [-0.2, 0) is 31.3 Å². The van der Waals surface area contributed by atoms with Gasteiger partial charge in [-0.15, -0.1) is 0 Å². The molecule has 3 amide bonds. The molecular formula is C36H41FN4O5Si. The monoisotopic (exact) mass is 656 g/mol. The van der Waals surface area contributed by atoms with Crippen LogP contribution in [0.3, 0.4) is 0 Å². The van der Waals surface area contributed by atoms with Gasteiger partial charge in [-0.05, 0) is 42.4 Å². The first-order chi connectivity index (χ1) is 22.5. The second kappa shape index (κ2) is 12.8. The number of hydrazone groups is 1. The van der Waals surface area contributed by atoms with Crippen molar-refractivity contribution in [2.24, 2.45) is 11.0 Å². The zero-order valence-corrected chi connectivity index (χ0v) is 28.2. The van der Waals surface area contributed by atoms with E-state index in [1.807, 2.05) is 67.6 Å². The summed E-state index contributed by atoms with van der Waals surface area (Å²) < 4.78 is 23.0. The number of halogens is 1. The average Bonchev–Trinajstić information content (AvgIpc) is 3.47. The van der Waals surface area contributed by atoms with Crippen LogP contribution in [0.2, 0.25) is 18.6 Å². The maximum atomic E-state index is 16.3. The number of hydrogen-bond acceptors (Lipinski definition) is 6. The summed E-state index contributed by atoms with van der Waals surface area (Å²) in [5.41, 5.74) is 2.04. The predicted molar refractivity (Wildman–Crippen MR) is 181 cm³/mol. The first kappa shape index (κ1) is 32.7. The van der Waals surface area contributed by atoms with E-state index in [1.54, 1.807) is 43.2 Å². The van der Waals surface area contributed by atoms with Crippen molar-refractivity contribution in [3.8, 4) is 0 Å². The largest absolute Gasteiger partial charge is 0.395 e. The van der Waals surface area contributed by atoms with Crippen LogP contribution in [0.4, 0.5) is 15.5 Å². The van der Waals surface area contributed by atoms with Gasteiger partial charge >= 0.3 is 0 Å². The Kier molecular flexibility index (Phi) is 8.90. The lowest BCUT2D eigenvalue weighted by Gasteiger charge is -2.31. The smallest absolute Gasteiger partial charge is 0.264 e. The molecule has 3 heterocycles. The number of ether oxygens (including phenoxy) is 1. The van der Waals surface area contributed by atoms with Gasteiger partial charge in [0.2, 0.25) is 20.2 Å². The molecule has 0 saturated carbocycles. The minimum atomic E-state index is -3.52. The van der Waals surface area contributed by atoms with E-state index in [0.717, 1.165) is 16.8 Å². The van der Waals surface area contributed by atoms with Crippen LogP contribution in [0.5, 0.6) is 0 Å². The Morgan fingerprint density at radius 1 is 1.06 bits per heavy atom. The summed E-state index contributed by atoms with van der Waals surface area (Å²) in [6.45, 7) is 5.21. The van der Waals surface area contributed by atoms with Crippen molar-refractivity contribution in [2.45, 2.75) is 63.1 Å². The Morgan fingerprint density at radius 3 is 2.40 bits per heavy atom. The van der Waals surface area contributed by atoms with Crippen LogP contribution in [0, 0.1) is 5.92 Å². The molecule has 0 unspecified atom stereocenters. The number of likely N-dealkylation sites (N-methyl/N-ethyl adjacent to an activating group) is 1. The fourth-order valence-electron chi connectivity index (χ4n) is 7.58. The Labute approximate surface area is 275 Å². The Hall–Kier alpha value is -4.19. The van der Waals surface area contributed by atoms with Crippen molar-refractivity contribution < 1.29 is 28.3 Å². The van der Waals surface area contributed by atoms with Gasteiger partial charge in [-0.2, -0.15) is 5.10 Å². The van der Waals surface area contributed by atoms with Crippen molar-refractivity contribution in [3.05, 3.63) is 95.6 Å². The number of benzene rings is 3. The Balaban J connectivity index is 1.36. The number of rotatable bonds is 9. The number of fused-ring (bicyclic) bond motifs is 2. The molecule has 4 atom stereocenters. The van der Waals surface area contributed by atoms with Gasteiger partial charge in [0.05, 0.1) is 36.2 Å². The number of carbonyl (C=O) groups is 3. The molecule has 0 aromatic heterocycles. The van der Waals surface area contributed by atoms with Gasteiger partial charge in [-0.3, -0.25) is 14.4 Å². The molecule has 1 spiro atoms. The molecule has 1 fully saturated rings. The van der Waals surface area contributed by atoms with Crippen molar-refractivity contribution in [1.29, 1.82) is 0 Å². The highest BCUT2D eigenvalue weighted by molar-refractivity contribution is 6.72. The molecule has 0 aliphatic carbocycles. The van der Waals surface area contributed by atoms with E-state index in [4.69, 9.17) is 9.84 Å². The minimum Gasteiger partial charge on any atom is -0.395 e. The topological polar surface area (TPSA) is 103 Å². The van der Waals surface area contributed by atoms with Gasteiger partial charge in [0, 0.05) is 50.0 Å². The molecular weight excluding hydrogens is 616 g/mol. The van der Waals surface area contributed by atoms with Crippen LogP contribution in [0.1, 0.15) is 42.9 Å². The summed E-state index contributed by atoms with van der Waals surface area (Å²) in [6, 6.07) is 24.5. The van der Waals surface area contributed by atoms with Crippen LogP contribution >= 0.6 is 0 Å². The summed E-state index contributed by atoms with van der Waals surface area (Å²) in [5.74, 6) is -1.38. The number of amides is 3. The van der Waals surface area contributed by atoms with Crippen molar-refractivity contribution in [2.75, 3.05) is 30.1 Å². The Bertz CT molecular complexity index is 1700. The highest BCUT2D eigenvalue weighted by atomic mass is 28.4. The van der Waals surface area contributed by atoms with E-state index in [2.05, 4.69) is 0 Å². The van der Waals surface area contributed by atoms with E-state index in [1.165, 1.54) is 9.91 Å². The van der Waals surface area contributed by atoms with Gasteiger partial charge in [0.25, 0.3) is 5.91 Å². The third-order valence-corrected chi connectivity index (χ3v) is 12.2. The zero-order valence-electron chi connectivity index (χ0n) is 27.2. The number of aliphatic hydroxyl groups excluding tert-OH is 1. The third kappa shape index (κ3) is 5.92. The van der Waals surface area contributed by atoms with Gasteiger partial charge < -0.3 is 23.8 Å². The second-order valence-electron chi connectivity index (χ2n) is 13.2. The predicted octanol–water partition coefficient (Wildman–Crippen LogP) is 5.38. The van der Waals surface area contributed by atoms with E-state index in [0.29, 0.717) is 23.4 Å². The first-order valence-electron chi connectivity index (χ1n) is 16.1. The van der Waals surface area contributed by atoms with Gasteiger partial charge in [0.15, 0.2) is 5.60 Å². The molecule has 3 aliphatic rings. The van der Waals surface area contributed by atoms with Gasteiger partial charge in [0.1, 0.15) is 0 Å². The van der Waals surface area contributed by atoms with Crippen molar-refractivity contribution >= 4 is 43.2 Å². The number of nitrogens with zero attached hydrogens (tertiary/aromatic N) is 4. The SMILES string of the molecule is C[C@@H]1[C@@H]([Si](C)(C)F)[C@H](CC(=O)N(CCO)Cc2ccccc2)O[C@@]12C(=O)N(C)c1ccc(N3N=C(c4ccccc4)CCC3=O)cc12. The maximum Gasteiger partial charge on any atom is 0.264 e. The van der Waals surface area contributed by atoms with E-state index >= 15 is 4.11 Å². The standard InChI is InChI=1S/C36H41FN4O5Si/c1-24-34(47(3,4)37)31(22-33(44)40(19-20-42)23-25-11-7-5-8-12-25)46-36(24)28-21-27(15-17-30(28)39(2)35(36)45)41-32(43)18-16-29(38-41)26-13-9-6-10-14-26/h5-15,17,21,24,31,34,42H,16,18-20,22-23H2,1-4H3/t24-,31+,34-,36+/m1/s1. The van der Waals surface area contributed by atoms with Crippen LogP contribution in [0.15, 0.2) is 84.0 Å². The number of hydrogen-bond donors (Lipinski definition) is 1. The van der Waals surface area contributed by atoms with E-state index in [9.17, 15) is 19.5 Å². The van der Waals surface area contributed by atoms with Gasteiger partial charge in [-0.1, -0.05) is 67.6 Å². The lowest BCUT2D eigenvalue weighted by molar-refractivity contribution is -0.149. The van der Waals surface area contributed by atoms with Gasteiger partial charge in [-0.25, -0.2) is 5.01 Å². The first-order valence-corrected chi connectivity index (χ1v) is 19.1. The summed E-state index contributed by atoms with van der Waals surface area (Å²) in [5, 5.41) is 15.9. The fraction of sp³-hybridized carbons (Fsp3) is 0.389. The van der Waals surface area contributed by atoms with Crippen molar-refractivity contribution in [3.63, 3.8) is 0 Å². The second-order valence-corrected chi connectivity index (χ2v) is 17.0. The lowest BCUT2D eigenvalue weighted by atomic mass is 9.82.